The third-order valence-electron chi connectivity index (χ3n) is 6.17. The molecule has 0 aliphatic heterocycles. The summed E-state index contributed by atoms with van der Waals surface area (Å²) in [5.41, 5.74) is 3.48. The van der Waals surface area contributed by atoms with Crippen molar-refractivity contribution in [2.45, 2.75) is 38.6 Å². The Morgan fingerprint density at radius 1 is 1.06 bits per heavy atom. The lowest BCUT2D eigenvalue weighted by Crippen LogP contribution is -2.30. The van der Waals surface area contributed by atoms with Gasteiger partial charge in [0.2, 0.25) is 5.50 Å². The van der Waals surface area contributed by atoms with Gasteiger partial charge in [-0.1, -0.05) is 61.4 Å². The third kappa shape index (κ3) is 4.26. The van der Waals surface area contributed by atoms with Crippen LogP contribution in [0.5, 0.6) is 0 Å². The number of benzene rings is 2. The molecule has 166 valence electrons. The number of rotatable bonds is 5. The van der Waals surface area contributed by atoms with Crippen LogP contribution < -0.4 is 10.8 Å². The number of hydrogen-bond acceptors (Lipinski definition) is 5. The van der Waals surface area contributed by atoms with Crippen LogP contribution in [0, 0.1) is 5.92 Å². The van der Waals surface area contributed by atoms with Crippen molar-refractivity contribution in [2.75, 3.05) is 5.32 Å². The number of hydrogen-bond donors (Lipinski definition) is 3. The van der Waals surface area contributed by atoms with Gasteiger partial charge in [-0.25, -0.2) is 4.98 Å². The van der Waals surface area contributed by atoms with Gasteiger partial charge < -0.3 is 19.5 Å². The number of nitrogens with one attached hydrogen (secondary N) is 1. The van der Waals surface area contributed by atoms with E-state index in [1.807, 2.05) is 36.4 Å². The molecule has 0 radical (unpaired) electrons. The van der Waals surface area contributed by atoms with Crippen LogP contribution in [0.3, 0.4) is 0 Å². The van der Waals surface area contributed by atoms with E-state index in [1.54, 1.807) is 17.4 Å². The van der Waals surface area contributed by atoms with Crippen molar-refractivity contribution in [2.24, 2.45) is 5.92 Å². The van der Waals surface area contributed by atoms with Crippen molar-refractivity contribution >= 4 is 39.8 Å². The molecule has 6 nitrogen and oxygen atoms in total. The number of anilines is 1. The summed E-state index contributed by atoms with van der Waals surface area (Å²) in [6.45, 7) is 2.31. The number of aromatic nitrogens is 1. The fourth-order valence-electron chi connectivity index (χ4n) is 4.41. The molecular weight excluding hydrogens is 443 g/mol. The Morgan fingerprint density at radius 3 is 2.62 bits per heavy atom. The predicted molar refractivity (Wildman–Crippen MR) is 129 cm³/mol. The Labute approximate surface area is 190 Å². The van der Waals surface area contributed by atoms with Crippen molar-refractivity contribution in [1.29, 1.82) is 0 Å². The molecular formula is C24H25N2O4PS. The summed E-state index contributed by atoms with van der Waals surface area (Å²) < 4.78 is 18.0. The molecule has 8 heteroatoms. The second-order valence-corrected chi connectivity index (χ2v) is 11.0. The molecule has 0 amide bonds. The van der Waals surface area contributed by atoms with Gasteiger partial charge in [0.15, 0.2) is 5.13 Å². The van der Waals surface area contributed by atoms with Crippen LogP contribution in [0.25, 0.3) is 32.7 Å². The molecule has 4 aromatic rings. The first-order valence-electron chi connectivity index (χ1n) is 10.8. The molecule has 5 rings (SSSR count). The Bertz CT molecular complexity index is 1310. The lowest BCUT2D eigenvalue weighted by Gasteiger charge is -2.29. The molecule has 1 aliphatic rings. The average Bonchev–Trinajstić information content (AvgIpc) is 3.42. The Kier molecular flexibility index (Phi) is 5.68. The largest absolute Gasteiger partial charge is 0.448 e. The Hall–Kier alpha value is -2.44. The zero-order chi connectivity index (χ0) is 22.3. The lowest BCUT2D eigenvalue weighted by atomic mass is 9.86. The molecule has 0 spiro atoms. The molecule has 3 N–H and O–H groups in total. The van der Waals surface area contributed by atoms with Crippen molar-refractivity contribution in [3.8, 4) is 22.5 Å². The molecule has 2 aromatic heterocycles. The third-order valence-corrected chi connectivity index (χ3v) is 8.02. The maximum absolute atomic E-state index is 11.5. The maximum Gasteiger partial charge on any atom is 0.391 e. The summed E-state index contributed by atoms with van der Waals surface area (Å²) in [6, 6.07) is 17.3. The highest BCUT2D eigenvalue weighted by atomic mass is 32.1. The summed E-state index contributed by atoms with van der Waals surface area (Å²) >= 11 is 1.67. The van der Waals surface area contributed by atoms with Crippen molar-refractivity contribution in [1.82, 2.24) is 4.98 Å². The molecule has 2 atom stereocenters. The number of nitrogens with zero attached hydrogens (tertiary/aromatic N) is 1. The SMILES string of the molecule is C[C@@H]1CCCC[C@H]1Nc1nc2cccc(-c3cccc(-c4ccc(P(=O)(O)O)o4)c3)c2s1. The molecule has 0 bridgehead atoms. The second-order valence-electron chi connectivity index (χ2n) is 8.45. The van der Waals surface area contributed by atoms with E-state index < -0.39 is 7.60 Å². The summed E-state index contributed by atoms with van der Waals surface area (Å²) in [6.07, 6.45) is 5.02. The minimum atomic E-state index is -4.42. The lowest BCUT2D eigenvalue weighted by molar-refractivity contribution is 0.349. The summed E-state index contributed by atoms with van der Waals surface area (Å²) in [7, 11) is -4.42. The van der Waals surface area contributed by atoms with E-state index in [1.165, 1.54) is 31.7 Å². The maximum atomic E-state index is 11.5. The summed E-state index contributed by atoms with van der Waals surface area (Å²) in [5, 5.41) is 4.63. The Morgan fingerprint density at radius 2 is 1.84 bits per heavy atom. The van der Waals surface area contributed by atoms with E-state index in [9.17, 15) is 14.4 Å². The van der Waals surface area contributed by atoms with Crippen LogP contribution in [0.2, 0.25) is 0 Å². The van der Waals surface area contributed by atoms with Crippen LogP contribution in [-0.4, -0.2) is 20.8 Å². The zero-order valence-corrected chi connectivity index (χ0v) is 19.4. The van der Waals surface area contributed by atoms with E-state index >= 15 is 0 Å². The highest BCUT2D eigenvalue weighted by molar-refractivity contribution is 7.59. The number of thiazole rings is 1. The van der Waals surface area contributed by atoms with Crippen LogP contribution in [-0.2, 0) is 4.57 Å². The van der Waals surface area contributed by atoms with Crippen molar-refractivity contribution in [3.63, 3.8) is 0 Å². The van der Waals surface area contributed by atoms with Crippen molar-refractivity contribution in [3.05, 3.63) is 54.6 Å². The molecule has 1 saturated carbocycles. The summed E-state index contributed by atoms with van der Waals surface area (Å²) in [5.74, 6) is 1.08. The van der Waals surface area contributed by atoms with Gasteiger partial charge in [-0.3, -0.25) is 4.57 Å². The predicted octanol–water partition coefficient (Wildman–Crippen LogP) is 6.02. The molecule has 1 fully saturated rings. The van der Waals surface area contributed by atoms with Gasteiger partial charge in [0, 0.05) is 17.2 Å². The number of fused-ring (bicyclic) bond motifs is 1. The molecule has 2 aromatic carbocycles. The van der Waals surface area contributed by atoms with Crippen LogP contribution in [0.1, 0.15) is 32.6 Å². The zero-order valence-electron chi connectivity index (χ0n) is 17.7. The molecule has 2 heterocycles. The van der Waals surface area contributed by atoms with Gasteiger partial charge in [0.1, 0.15) is 5.76 Å². The fraction of sp³-hybridized carbons (Fsp3) is 0.292. The monoisotopic (exact) mass is 468 g/mol. The van der Waals surface area contributed by atoms with E-state index in [0.717, 1.165) is 32.0 Å². The van der Waals surface area contributed by atoms with Gasteiger partial charge in [-0.15, -0.1) is 0 Å². The van der Waals surface area contributed by atoms with E-state index in [-0.39, 0.29) is 5.50 Å². The smallest absolute Gasteiger partial charge is 0.391 e. The van der Waals surface area contributed by atoms with Crippen LogP contribution >= 0.6 is 18.9 Å². The highest BCUT2D eigenvalue weighted by Crippen LogP contribution is 2.39. The molecule has 0 unspecified atom stereocenters. The van der Waals surface area contributed by atoms with E-state index in [0.29, 0.717) is 17.7 Å². The van der Waals surface area contributed by atoms with E-state index in [2.05, 4.69) is 18.3 Å². The first-order valence-corrected chi connectivity index (χ1v) is 13.2. The van der Waals surface area contributed by atoms with Crippen LogP contribution in [0.15, 0.2) is 59.0 Å². The second kappa shape index (κ2) is 8.49. The quantitative estimate of drug-likeness (QED) is 0.310. The first kappa shape index (κ1) is 21.4. The minimum absolute atomic E-state index is 0.324. The minimum Gasteiger partial charge on any atom is -0.448 e. The first-order chi connectivity index (χ1) is 15.4. The highest BCUT2D eigenvalue weighted by Gasteiger charge is 2.23. The van der Waals surface area contributed by atoms with Gasteiger partial charge >= 0.3 is 7.60 Å². The van der Waals surface area contributed by atoms with E-state index in [4.69, 9.17) is 9.40 Å². The van der Waals surface area contributed by atoms with Crippen molar-refractivity contribution < 1.29 is 18.8 Å². The normalized spacial score (nSPS) is 19.3. The van der Waals surface area contributed by atoms with Gasteiger partial charge in [-0.05, 0) is 48.6 Å². The average molecular weight is 469 g/mol. The Balaban J connectivity index is 1.48. The summed E-state index contributed by atoms with van der Waals surface area (Å²) in [4.78, 5) is 23.5. The molecule has 1 aliphatic carbocycles. The topological polar surface area (TPSA) is 95.6 Å². The fourth-order valence-corrected chi connectivity index (χ4v) is 5.95. The van der Waals surface area contributed by atoms with Crippen LogP contribution in [0.4, 0.5) is 5.13 Å². The number of furan rings is 1. The standard InChI is InChI=1S/C24H25N2O4PS/c1-15-6-2-3-10-19(15)25-24-26-20-11-5-9-18(23(20)32-24)16-7-4-8-17(14-16)21-12-13-22(30-21)31(27,28)29/h4-5,7-9,11-15,19H,2-3,6,10H2,1H3,(H,25,26)(H2,27,28,29)/t15-,19-/m1/s1. The van der Waals surface area contributed by atoms with Gasteiger partial charge in [0.25, 0.3) is 0 Å². The molecule has 32 heavy (non-hydrogen) atoms. The van der Waals surface area contributed by atoms with Gasteiger partial charge in [0.05, 0.1) is 10.2 Å². The van der Waals surface area contributed by atoms with Gasteiger partial charge in [-0.2, -0.15) is 0 Å². The molecule has 0 saturated heterocycles.